The maximum absolute atomic E-state index is 12.9. The third-order valence-corrected chi connectivity index (χ3v) is 4.59. The number of aromatic nitrogens is 2. The molecular formula is C17H20F3N3O2. The molecule has 0 bridgehead atoms. The first kappa shape index (κ1) is 17.9. The second kappa shape index (κ2) is 6.76. The first-order valence-electron chi connectivity index (χ1n) is 8.24. The van der Waals surface area contributed by atoms with Crippen molar-refractivity contribution in [2.24, 2.45) is 0 Å². The Morgan fingerprint density at radius 3 is 2.60 bits per heavy atom. The van der Waals surface area contributed by atoms with Crippen LogP contribution in [0.1, 0.15) is 42.6 Å². The largest absolute Gasteiger partial charge is 0.416 e. The molecule has 0 spiro atoms. The highest BCUT2D eigenvalue weighted by Crippen LogP contribution is 2.36. The number of nitrogens with zero attached hydrogens (tertiary/aromatic N) is 3. The zero-order valence-electron chi connectivity index (χ0n) is 13.9. The number of rotatable bonds is 4. The monoisotopic (exact) mass is 355 g/mol. The van der Waals surface area contributed by atoms with Crippen molar-refractivity contribution in [1.82, 2.24) is 15.0 Å². The van der Waals surface area contributed by atoms with E-state index in [0.29, 0.717) is 56.2 Å². The fourth-order valence-corrected chi connectivity index (χ4v) is 3.05. The summed E-state index contributed by atoms with van der Waals surface area (Å²) in [5, 5.41) is 14.7. The Labute approximate surface area is 143 Å². The Morgan fingerprint density at radius 1 is 1.28 bits per heavy atom. The van der Waals surface area contributed by atoms with Crippen molar-refractivity contribution in [3.63, 3.8) is 0 Å². The van der Waals surface area contributed by atoms with E-state index in [1.165, 1.54) is 6.07 Å². The first-order valence-corrected chi connectivity index (χ1v) is 8.24. The molecule has 25 heavy (non-hydrogen) atoms. The highest BCUT2D eigenvalue weighted by atomic mass is 19.4. The third-order valence-electron chi connectivity index (χ3n) is 4.59. The molecule has 5 nitrogen and oxygen atoms in total. The molecule has 1 aromatic carbocycles. The molecule has 2 heterocycles. The summed E-state index contributed by atoms with van der Waals surface area (Å²) in [6, 6.07) is 4.96. The normalized spacial score (nSPS) is 18.4. The van der Waals surface area contributed by atoms with E-state index in [-0.39, 0.29) is 0 Å². The minimum Gasteiger partial charge on any atom is -0.385 e. The maximum atomic E-state index is 12.9. The second-order valence-corrected chi connectivity index (χ2v) is 6.34. The smallest absolute Gasteiger partial charge is 0.385 e. The first-order chi connectivity index (χ1) is 11.8. The van der Waals surface area contributed by atoms with Crippen LogP contribution in [0.25, 0.3) is 0 Å². The predicted octanol–water partition coefficient (Wildman–Crippen LogP) is 3.13. The van der Waals surface area contributed by atoms with Gasteiger partial charge in [-0.1, -0.05) is 24.2 Å². The Balaban J connectivity index is 1.66. The summed E-state index contributed by atoms with van der Waals surface area (Å²) in [4.78, 5) is 6.31. The molecule has 136 valence electrons. The summed E-state index contributed by atoms with van der Waals surface area (Å²) >= 11 is 0. The lowest BCUT2D eigenvalue weighted by Crippen LogP contribution is -2.42. The molecule has 0 aliphatic carbocycles. The van der Waals surface area contributed by atoms with Gasteiger partial charge < -0.3 is 9.63 Å². The number of likely N-dealkylation sites (tertiary alicyclic amines) is 1. The van der Waals surface area contributed by atoms with Gasteiger partial charge >= 0.3 is 6.18 Å². The summed E-state index contributed by atoms with van der Waals surface area (Å²) in [5.41, 5.74) is -1.67. The standard InChI is InChI=1S/C17H20F3N3O2/c1-2-15-21-14(22-25-15)11-23-8-6-16(24,7-9-23)12-4-3-5-13(10-12)17(18,19)20/h3-5,10,24H,2,6-9,11H2,1H3. The van der Waals surface area contributed by atoms with Crippen LogP contribution in [0.15, 0.2) is 28.8 Å². The van der Waals surface area contributed by atoms with Gasteiger partial charge in [-0.2, -0.15) is 18.2 Å². The van der Waals surface area contributed by atoms with Gasteiger partial charge in [-0.15, -0.1) is 0 Å². The number of piperidine rings is 1. The van der Waals surface area contributed by atoms with Crippen LogP contribution in [0.5, 0.6) is 0 Å². The lowest BCUT2D eigenvalue weighted by Gasteiger charge is -2.38. The van der Waals surface area contributed by atoms with Gasteiger partial charge in [-0.05, 0) is 30.5 Å². The van der Waals surface area contributed by atoms with Gasteiger partial charge in [0.2, 0.25) is 5.89 Å². The van der Waals surface area contributed by atoms with Gasteiger partial charge in [0.25, 0.3) is 0 Å². The van der Waals surface area contributed by atoms with Crippen molar-refractivity contribution in [3.8, 4) is 0 Å². The minimum absolute atomic E-state index is 0.315. The van der Waals surface area contributed by atoms with Crippen LogP contribution in [-0.2, 0) is 24.7 Å². The van der Waals surface area contributed by atoms with E-state index >= 15 is 0 Å². The molecule has 0 amide bonds. The fraction of sp³-hybridized carbons (Fsp3) is 0.529. The van der Waals surface area contributed by atoms with E-state index in [0.717, 1.165) is 12.1 Å². The molecule has 0 atom stereocenters. The van der Waals surface area contributed by atoms with Crippen LogP contribution >= 0.6 is 0 Å². The molecule has 1 fully saturated rings. The molecule has 3 rings (SSSR count). The maximum Gasteiger partial charge on any atom is 0.416 e. The highest BCUT2D eigenvalue weighted by molar-refractivity contribution is 5.30. The molecule has 1 saturated heterocycles. The van der Waals surface area contributed by atoms with E-state index in [2.05, 4.69) is 15.0 Å². The van der Waals surface area contributed by atoms with Gasteiger partial charge in [0.1, 0.15) is 0 Å². The molecular weight excluding hydrogens is 335 g/mol. The van der Waals surface area contributed by atoms with E-state index < -0.39 is 17.3 Å². The molecule has 2 aromatic rings. The number of aryl methyl sites for hydroxylation is 1. The Morgan fingerprint density at radius 2 is 2.00 bits per heavy atom. The number of halogens is 3. The zero-order chi connectivity index (χ0) is 18.1. The van der Waals surface area contributed by atoms with E-state index in [1.807, 2.05) is 6.92 Å². The second-order valence-electron chi connectivity index (χ2n) is 6.34. The van der Waals surface area contributed by atoms with E-state index in [4.69, 9.17) is 4.52 Å². The number of alkyl halides is 3. The molecule has 1 aliphatic rings. The number of hydrogen-bond acceptors (Lipinski definition) is 5. The van der Waals surface area contributed by atoms with Crippen molar-refractivity contribution in [3.05, 3.63) is 47.1 Å². The molecule has 1 aromatic heterocycles. The van der Waals surface area contributed by atoms with Crippen molar-refractivity contribution in [1.29, 1.82) is 0 Å². The van der Waals surface area contributed by atoms with Crippen molar-refractivity contribution >= 4 is 0 Å². The minimum atomic E-state index is -4.41. The number of aliphatic hydroxyl groups is 1. The van der Waals surface area contributed by atoms with Crippen LogP contribution < -0.4 is 0 Å². The number of benzene rings is 1. The van der Waals surface area contributed by atoms with Crippen molar-refractivity contribution in [2.45, 2.75) is 44.5 Å². The Bertz CT molecular complexity index is 722. The van der Waals surface area contributed by atoms with Gasteiger partial charge in [-0.3, -0.25) is 4.90 Å². The zero-order valence-corrected chi connectivity index (χ0v) is 13.9. The fourth-order valence-electron chi connectivity index (χ4n) is 3.05. The summed E-state index contributed by atoms with van der Waals surface area (Å²) in [6.45, 7) is 3.51. The summed E-state index contributed by atoms with van der Waals surface area (Å²) in [6.07, 6.45) is -3.04. The van der Waals surface area contributed by atoms with E-state index in [1.54, 1.807) is 6.07 Å². The molecule has 1 aliphatic heterocycles. The van der Waals surface area contributed by atoms with Crippen LogP contribution in [-0.4, -0.2) is 33.2 Å². The Kier molecular flexibility index (Phi) is 4.83. The van der Waals surface area contributed by atoms with Crippen LogP contribution in [0.4, 0.5) is 13.2 Å². The lowest BCUT2D eigenvalue weighted by atomic mass is 9.83. The molecule has 0 unspecified atom stereocenters. The van der Waals surface area contributed by atoms with E-state index in [9.17, 15) is 18.3 Å². The van der Waals surface area contributed by atoms with Gasteiger partial charge in [-0.25, -0.2) is 0 Å². The van der Waals surface area contributed by atoms with Gasteiger partial charge in [0, 0.05) is 19.5 Å². The topological polar surface area (TPSA) is 62.4 Å². The highest BCUT2D eigenvalue weighted by Gasteiger charge is 2.37. The molecule has 8 heteroatoms. The predicted molar refractivity (Wildman–Crippen MR) is 83.5 cm³/mol. The summed E-state index contributed by atoms with van der Waals surface area (Å²) < 4.78 is 43.7. The SMILES string of the molecule is CCc1nc(CN2CCC(O)(c3cccc(C(F)(F)F)c3)CC2)no1. The average Bonchev–Trinajstić information content (AvgIpc) is 3.04. The summed E-state index contributed by atoms with van der Waals surface area (Å²) in [7, 11) is 0. The van der Waals surface area contributed by atoms with Gasteiger partial charge in [0.15, 0.2) is 5.82 Å². The van der Waals surface area contributed by atoms with Crippen molar-refractivity contribution < 1.29 is 22.8 Å². The van der Waals surface area contributed by atoms with Crippen LogP contribution in [0.3, 0.4) is 0 Å². The number of hydrogen-bond donors (Lipinski definition) is 1. The molecule has 1 N–H and O–H groups in total. The lowest BCUT2D eigenvalue weighted by molar-refractivity contribution is -0.137. The van der Waals surface area contributed by atoms with Crippen molar-refractivity contribution in [2.75, 3.05) is 13.1 Å². The average molecular weight is 355 g/mol. The third kappa shape index (κ3) is 4.01. The quantitative estimate of drug-likeness (QED) is 0.913. The molecule has 0 saturated carbocycles. The van der Waals surface area contributed by atoms with Gasteiger partial charge in [0.05, 0.1) is 17.7 Å². The van der Waals surface area contributed by atoms with Crippen LogP contribution in [0.2, 0.25) is 0 Å². The Hall–Kier alpha value is -1.93. The molecule has 0 radical (unpaired) electrons. The van der Waals surface area contributed by atoms with Crippen LogP contribution in [0, 0.1) is 0 Å². The summed E-state index contributed by atoms with van der Waals surface area (Å²) in [5.74, 6) is 1.16.